The molecule has 1 aliphatic rings. The fourth-order valence-corrected chi connectivity index (χ4v) is 3.64. The molecule has 1 aliphatic heterocycles. The Morgan fingerprint density at radius 1 is 0.970 bits per heavy atom. The number of ether oxygens (including phenoxy) is 2. The Balaban J connectivity index is 1.52. The molecule has 0 fully saturated rings. The van der Waals surface area contributed by atoms with Gasteiger partial charge in [-0.2, -0.15) is 5.10 Å². The average molecular weight is 441 g/mol. The van der Waals surface area contributed by atoms with Crippen molar-refractivity contribution in [2.24, 2.45) is 5.10 Å². The van der Waals surface area contributed by atoms with Crippen LogP contribution in [0.15, 0.2) is 71.8 Å². The van der Waals surface area contributed by atoms with E-state index < -0.39 is 5.91 Å². The van der Waals surface area contributed by atoms with Gasteiger partial charge < -0.3 is 19.7 Å². The van der Waals surface area contributed by atoms with Crippen LogP contribution in [0.3, 0.4) is 0 Å². The van der Waals surface area contributed by atoms with Crippen molar-refractivity contribution in [2.45, 2.75) is 6.92 Å². The number of carbonyl (C=O) groups is 1. The molecule has 3 N–H and O–H groups in total. The summed E-state index contributed by atoms with van der Waals surface area (Å²) in [7, 11) is 0. The molecule has 0 unspecified atom stereocenters. The van der Waals surface area contributed by atoms with Gasteiger partial charge in [0.1, 0.15) is 11.5 Å². The Bertz CT molecular complexity index is 1430. The first-order valence-corrected chi connectivity index (χ1v) is 10.2. The minimum atomic E-state index is -0.436. The zero-order valence-corrected chi connectivity index (χ0v) is 17.6. The van der Waals surface area contributed by atoms with Gasteiger partial charge in [0.2, 0.25) is 6.79 Å². The third kappa shape index (κ3) is 3.89. The third-order valence-corrected chi connectivity index (χ3v) is 5.32. The smallest absolute Gasteiger partial charge is 0.272 e. The Labute approximate surface area is 188 Å². The highest BCUT2D eigenvalue weighted by Gasteiger charge is 2.18. The third-order valence-electron chi connectivity index (χ3n) is 5.32. The summed E-state index contributed by atoms with van der Waals surface area (Å²) in [5, 5.41) is 24.5. The molecular formula is C25H19N3O5. The predicted octanol–water partition coefficient (Wildman–Crippen LogP) is 4.20. The lowest BCUT2D eigenvalue weighted by molar-refractivity contribution is 0.0956. The van der Waals surface area contributed by atoms with Crippen LogP contribution in [0.1, 0.15) is 22.8 Å². The van der Waals surface area contributed by atoms with Crippen LogP contribution < -0.4 is 14.9 Å². The van der Waals surface area contributed by atoms with Gasteiger partial charge >= 0.3 is 0 Å². The molecule has 0 saturated heterocycles. The predicted molar refractivity (Wildman–Crippen MR) is 123 cm³/mol. The highest BCUT2D eigenvalue weighted by molar-refractivity contribution is 6.08. The van der Waals surface area contributed by atoms with E-state index in [0.717, 1.165) is 5.56 Å². The van der Waals surface area contributed by atoms with E-state index in [-0.39, 0.29) is 18.3 Å². The number of nitrogens with one attached hydrogen (secondary N) is 1. The minimum absolute atomic E-state index is 0.0165. The standard InChI is InChI=1S/C25H19N3O5/c1-14(18-11-16(29)7-8-22(18)30)27-28-25(31)19-12-21(26-20-5-3-2-4-17(19)20)15-6-9-23-24(10-15)33-13-32-23/h2-12,29-30H,13H2,1H3,(H,28,31). The first-order valence-electron chi connectivity index (χ1n) is 10.2. The summed E-state index contributed by atoms with van der Waals surface area (Å²) in [5.41, 5.74) is 5.63. The minimum Gasteiger partial charge on any atom is -0.508 e. The second-order valence-electron chi connectivity index (χ2n) is 7.48. The first-order chi connectivity index (χ1) is 16.0. The van der Waals surface area contributed by atoms with Gasteiger partial charge in [-0.15, -0.1) is 0 Å². The Hall–Kier alpha value is -4.59. The van der Waals surface area contributed by atoms with E-state index in [1.807, 2.05) is 42.5 Å². The van der Waals surface area contributed by atoms with Gasteiger partial charge in [0, 0.05) is 16.5 Å². The number of nitrogens with zero attached hydrogens (tertiary/aromatic N) is 2. The van der Waals surface area contributed by atoms with E-state index in [1.165, 1.54) is 18.2 Å². The number of benzene rings is 3. The molecule has 0 saturated carbocycles. The van der Waals surface area contributed by atoms with Crippen LogP contribution in [-0.2, 0) is 0 Å². The van der Waals surface area contributed by atoms with Crippen molar-refractivity contribution in [2.75, 3.05) is 6.79 Å². The second-order valence-corrected chi connectivity index (χ2v) is 7.48. The summed E-state index contributed by atoms with van der Waals surface area (Å²) in [6, 6.07) is 18.6. The van der Waals surface area contributed by atoms with Crippen LogP contribution in [0.25, 0.3) is 22.2 Å². The summed E-state index contributed by atoms with van der Waals surface area (Å²) in [5.74, 6) is 0.784. The molecule has 3 aromatic carbocycles. The molecular weight excluding hydrogens is 422 g/mol. The molecule has 0 spiro atoms. The molecule has 1 amide bonds. The molecule has 1 aromatic heterocycles. The number of phenols is 2. The fourth-order valence-electron chi connectivity index (χ4n) is 3.64. The first kappa shape index (κ1) is 20.3. The van der Waals surface area contributed by atoms with Crippen molar-refractivity contribution in [3.63, 3.8) is 0 Å². The van der Waals surface area contributed by atoms with Gasteiger partial charge in [0.15, 0.2) is 11.5 Å². The maximum Gasteiger partial charge on any atom is 0.272 e. The molecule has 0 aliphatic carbocycles. The maximum absolute atomic E-state index is 13.1. The average Bonchev–Trinajstić information content (AvgIpc) is 3.31. The van der Waals surface area contributed by atoms with E-state index in [0.29, 0.717) is 44.9 Å². The molecule has 8 nitrogen and oxygen atoms in total. The van der Waals surface area contributed by atoms with Crippen LogP contribution in [0, 0.1) is 0 Å². The van der Waals surface area contributed by atoms with Gasteiger partial charge in [-0.25, -0.2) is 10.4 Å². The Kier molecular flexibility index (Phi) is 5.02. The zero-order valence-electron chi connectivity index (χ0n) is 17.6. The summed E-state index contributed by atoms with van der Waals surface area (Å²) >= 11 is 0. The summed E-state index contributed by atoms with van der Waals surface area (Å²) < 4.78 is 10.8. The molecule has 0 radical (unpaired) electrons. The van der Waals surface area contributed by atoms with E-state index in [4.69, 9.17) is 14.5 Å². The number of aromatic nitrogens is 1. The number of rotatable bonds is 4. The Morgan fingerprint density at radius 2 is 1.79 bits per heavy atom. The van der Waals surface area contributed by atoms with Gasteiger partial charge in [-0.05, 0) is 55.5 Å². The van der Waals surface area contributed by atoms with E-state index in [1.54, 1.807) is 13.0 Å². The molecule has 164 valence electrons. The number of carbonyl (C=O) groups excluding carboxylic acids is 1. The molecule has 33 heavy (non-hydrogen) atoms. The number of aromatic hydroxyl groups is 2. The summed E-state index contributed by atoms with van der Waals surface area (Å²) in [6.07, 6.45) is 0. The quantitative estimate of drug-likeness (QED) is 0.249. The number of hydrogen-bond acceptors (Lipinski definition) is 7. The van der Waals surface area contributed by atoms with Crippen molar-refractivity contribution in [1.29, 1.82) is 0 Å². The molecule has 0 bridgehead atoms. The number of phenolic OH excluding ortho intramolecular Hbond substituents is 2. The van der Waals surface area contributed by atoms with Crippen LogP contribution >= 0.6 is 0 Å². The second kappa shape index (κ2) is 8.16. The topological polar surface area (TPSA) is 113 Å². The van der Waals surface area contributed by atoms with Crippen molar-refractivity contribution >= 4 is 22.5 Å². The summed E-state index contributed by atoms with van der Waals surface area (Å²) in [6.45, 7) is 1.79. The molecule has 2 heterocycles. The van der Waals surface area contributed by atoms with Crippen LogP contribution in [0.5, 0.6) is 23.0 Å². The number of hydrazone groups is 1. The van der Waals surface area contributed by atoms with Crippen molar-refractivity contribution in [3.8, 4) is 34.3 Å². The van der Waals surface area contributed by atoms with Crippen LogP contribution in [0.4, 0.5) is 0 Å². The number of amides is 1. The normalized spacial score (nSPS) is 12.7. The SMILES string of the molecule is CC(=NNC(=O)c1cc(-c2ccc3c(c2)OCO3)nc2ccccc12)c1cc(O)ccc1O. The van der Waals surface area contributed by atoms with Crippen molar-refractivity contribution in [3.05, 3.63) is 77.9 Å². The van der Waals surface area contributed by atoms with E-state index in [2.05, 4.69) is 10.5 Å². The number of hydrogen-bond donors (Lipinski definition) is 3. The monoisotopic (exact) mass is 441 g/mol. The van der Waals surface area contributed by atoms with E-state index in [9.17, 15) is 15.0 Å². The van der Waals surface area contributed by atoms with Gasteiger partial charge in [0.05, 0.1) is 22.5 Å². The van der Waals surface area contributed by atoms with Crippen LogP contribution in [-0.4, -0.2) is 33.6 Å². The van der Waals surface area contributed by atoms with Gasteiger partial charge in [-0.3, -0.25) is 4.79 Å². The lowest BCUT2D eigenvalue weighted by Crippen LogP contribution is -2.20. The fraction of sp³-hybridized carbons (Fsp3) is 0.0800. The number of pyridine rings is 1. The highest BCUT2D eigenvalue weighted by Crippen LogP contribution is 2.36. The van der Waals surface area contributed by atoms with Crippen molar-refractivity contribution < 1.29 is 24.5 Å². The Morgan fingerprint density at radius 3 is 2.67 bits per heavy atom. The molecule has 0 atom stereocenters. The highest BCUT2D eigenvalue weighted by atomic mass is 16.7. The number of fused-ring (bicyclic) bond motifs is 2. The number of para-hydroxylation sites is 1. The lowest BCUT2D eigenvalue weighted by Gasteiger charge is -2.10. The zero-order chi connectivity index (χ0) is 22.9. The van der Waals surface area contributed by atoms with Crippen LogP contribution in [0.2, 0.25) is 0 Å². The largest absolute Gasteiger partial charge is 0.508 e. The molecule has 8 heteroatoms. The van der Waals surface area contributed by atoms with Crippen molar-refractivity contribution in [1.82, 2.24) is 10.4 Å². The van der Waals surface area contributed by atoms with E-state index >= 15 is 0 Å². The van der Waals surface area contributed by atoms with Gasteiger partial charge in [-0.1, -0.05) is 18.2 Å². The summed E-state index contributed by atoms with van der Waals surface area (Å²) in [4.78, 5) is 17.8. The molecule has 5 rings (SSSR count). The maximum atomic E-state index is 13.1. The van der Waals surface area contributed by atoms with Gasteiger partial charge in [0.25, 0.3) is 5.91 Å². The molecule has 4 aromatic rings. The lowest BCUT2D eigenvalue weighted by atomic mass is 10.0.